The van der Waals surface area contributed by atoms with Gasteiger partial charge in [0.25, 0.3) is 5.91 Å². The zero-order valence-corrected chi connectivity index (χ0v) is 11.0. The summed E-state index contributed by atoms with van der Waals surface area (Å²) in [6, 6.07) is 5.28. The molecule has 0 bridgehead atoms. The summed E-state index contributed by atoms with van der Waals surface area (Å²) in [5.41, 5.74) is 0.930. The second-order valence-corrected chi connectivity index (χ2v) is 4.19. The molecule has 0 aromatic carbocycles. The number of hydrogen-bond acceptors (Lipinski definition) is 5. The van der Waals surface area contributed by atoms with Gasteiger partial charge >= 0.3 is 5.97 Å². The molecule has 1 aromatic rings. The van der Waals surface area contributed by atoms with Crippen LogP contribution in [0.5, 0.6) is 0 Å². The molecule has 1 fully saturated rings. The fraction of sp³-hybridized carbons (Fsp3) is 0.286. The number of aromatic nitrogens is 1. The summed E-state index contributed by atoms with van der Waals surface area (Å²) < 4.78 is 4.74. The van der Waals surface area contributed by atoms with Crippen LogP contribution in [0, 0.1) is 0 Å². The molecule has 2 amide bonds. The second-order valence-electron chi connectivity index (χ2n) is 4.19. The summed E-state index contributed by atoms with van der Waals surface area (Å²) >= 11 is 0. The number of esters is 1. The van der Waals surface area contributed by atoms with Crippen molar-refractivity contribution >= 4 is 23.9 Å². The standard InChI is InChI=1S/C14H14N2O4/c1-2-20-13(18)9-16-12(17)8-10(14(16)19)7-11-5-3-4-6-15-11/h3-7H,2,8-9H2,1H3/b10-7+. The summed E-state index contributed by atoms with van der Waals surface area (Å²) in [4.78, 5) is 40.2. The van der Waals surface area contributed by atoms with Crippen molar-refractivity contribution in [1.29, 1.82) is 0 Å². The highest BCUT2D eigenvalue weighted by molar-refractivity contribution is 6.16. The highest BCUT2D eigenvalue weighted by Gasteiger charge is 2.35. The number of carbonyl (C=O) groups excluding carboxylic acids is 3. The van der Waals surface area contributed by atoms with E-state index in [4.69, 9.17) is 4.74 Å². The van der Waals surface area contributed by atoms with Crippen molar-refractivity contribution < 1.29 is 19.1 Å². The minimum Gasteiger partial charge on any atom is -0.465 e. The normalized spacial score (nSPS) is 16.9. The SMILES string of the molecule is CCOC(=O)CN1C(=O)C/C(=C\c2ccccn2)C1=O. The minimum absolute atomic E-state index is 0.0190. The van der Waals surface area contributed by atoms with Crippen LogP contribution in [0.2, 0.25) is 0 Å². The van der Waals surface area contributed by atoms with E-state index in [0.717, 1.165) is 4.90 Å². The van der Waals surface area contributed by atoms with Gasteiger partial charge in [-0.3, -0.25) is 24.3 Å². The van der Waals surface area contributed by atoms with E-state index >= 15 is 0 Å². The Morgan fingerprint density at radius 1 is 1.45 bits per heavy atom. The molecule has 0 radical (unpaired) electrons. The van der Waals surface area contributed by atoms with Crippen molar-refractivity contribution in [1.82, 2.24) is 9.88 Å². The van der Waals surface area contributed by atoms with Crippen LogP contribution in [-0.2, 0) is 19.1 Å². The predicted molar refractivity (Wildman–Crippen MR) is 70.2 cm³/mol. The average Bonchev–Trinajstić information content (AvgIpc) is 2.68. The molecule has 1 aliphatic heterocycles. The predicted octanol–water partition coefficient (Wildman–Crippen LogP) is 0.787. The van der Waals surface area contributed by atoms with E-state index in [9.17, 15) is 14.4 Å². The van der Waals surface area contributed by atoms with Crippen LogP contribution >= 0.6 is 0 Å². The first-order valence-corrected chi connectivity index (χ1v) is 6.23. The Balaban J connectivity index is 2.13. The molecule has 1 aromatic heterocycles. The highest BCUT2D eigenvalue weighted by atomic mass is 16.5. The molecule has 0 N–H and O–H groups in total. The van der Waals surface area contributed by atoms with E-state index in [-0.39, 0.29) is 19.6 Å². The fourth-order valence-corrected chi connectivity index (χ4v) is 1.87. The van der Waals surface area contributed by atoms with Gasteiger partial charge in [0.1, 0.15) is 6.54 Å². The molecule has 6 nitrogen and oxygen atoms in total. The lowest BCUT2D eigenvalue weighted by Crippen LogP contribution is -2.35. The van der Waals surface area contributed by atoms with Crippen LogP contribution in [0.1, 0.15) is 19.0 Å². The third-order valence-electron chi connectivity index (χ3n) is 2.77. The Labute approximate surface area is 116 Å². The highest BCUT2D eigenvalue weighted by Crippen LogP contribution is 2.20. The van der Waals surface area contributed by atoms with E-state index in [1.165, 1.54) is 0 Å². The lowest BCUT2D eigenvalue weighted by molar-refractivity contribution is -0.151. The van der Waals surface area contributed by atoms with E-state index in [0.29, 0.717) is 11.3 Å². The second kappa shape index (κ2) is 6.10. The molecule has 1 saturated heterocycles. The number of ether oxygens (including phenoxy) is 1. The van der Waals surface area contributed by atoms with Crippen molar-refractivity contribution in [3.63, 3.8) is 0 Å². The van der Waals surface area contributed by atoms with Crippen LogP contribution in [0.3, 0.4) is 0 Å². The quantitative estimate of drug-likeness (QED) is 0.461. The number of amides is 2. The van der Waals surface area contributed by atoms with Crippen molar-refractivity contribution in [3.8, 4) is 0 Å². The number of likely N-dealkylation sites (tertiary alicyclic amines) is 1. The number of nitrogens with zero attached hydrogens (tertiary/aromatic N) is 2. The first kappa shape index (κ1) is 13.9. The summed E-state index contributed by atoms with van der Waals surface area (Å²) in [7, 11) is 0. The van der Waals surface area contributed by atoms with Gasteiger partial charge in [0, 0.05) is 11.8 Å². The largest absolute Gasteiger partial charge is 0.465 e. The lowest BCUT2D eigenvalue weighted by atomic mass is 10.2. The van der Waals surface area contributed by atoms with Gasteiger partial charge in [0.05, 0.1) is 18.7 Å². The maximum atomic E-state index is 12.1. The smallest absolute Gasteiger partial charge is 0.326 e. The maximum Gasteiger partial charge on any atom is 0.326 e. The Kier molecular flexibility index (Phi) is 4.24. The molecule has 2 heterocycles. The molecule has 20 heavy (non-hydrogen) atoms. The molecule has 0 spiro atoms. The van der Waals surface area contributed by atoms with Crippen molar-refractivity contribution in [2.45, 2.75) is 13.3 Å². The summed E-state index contributed by atoms with van der Waals surface area (Å²) in [5.74, 6) is -1.45. The molecule has 6 heteroatoms. The Hall–Kier alpha value is -2.50. The summed E-state index contributed by atoms with van der Waals surface area (Å²) in [5, 5.41) is 0. The van der Waals surface area contributed by atoms with E-state index in [1.54, 1.807) is 37.4 Å². The lowest BCUT2D eigenvalue weighted by Gasteiger charge is -2.11. The molecular formula is C14H14N2O4. The van der Waals surface area contributed by atoms with Gasteiger partial charge in [-0.25, -0.2) is 0 Å². The topological polar surface area (TPSA) is 76.6 Å². The van der Waals surface area contributed by atoms with E-state index in [2.05, 4.69) is 4.98 Å². The van der Waals surface area contributed by atoms with Crippen molar-refractivity contribution in [3.05, 3.63) is 35.7 Å². The molecule has 0 saturated carbocycles. The van der Waals surface area contributed by atoms with Crippen LogP contribution in [0.25, 0.3) is 6.08 Å². The minimum atomic E-state index is -0.590. The molecule has 104 valence electrons. The Morgan fingerprint density at radius 3 is 2.90 bits per heavy atom. The Bertz CT molecular complexity index is 566. The summed E-state index contributed by atoms with van der Waals surface area (Å²) in [6.45, 7) is 1.54. The maximum absolute atomic E-state index is 12.1. The van der Waals surface area contributed by atoms with Crippen LogP contribution in [0.4, 0.5) is 0 Å². The molecule has 0 aliphatic carbocycles. The van der Waals surface area contributed by atoms with Gasteiger partial charge in [-0.1, -0.05) is 6.07 Å². The Morgan fingerprint density at radius 2 is 2.25 bits per heavy atom. The number of carbonyl (C=O) groups is 3. The van der Waals surface area contributed by atoms with E-state index in [1.807, 2.05) is 0 Å². The fourth-order valence-electron chi connectivity index (χ4n) is 1.87. The zero-order chi connectivity index (χ0) is 14.5. The van der Waals surface area contributed by atoms with Gasteiger partial charge in [0.2, 0.25) is 5.91 Å². The average molecular weight is 274 g/mol. The summed E-state index contributed by atoms with van der Waals surface area (Å²) in [6.07, 6.45) is 3.14. The van der Waals surface area contributed by atoms with Gasteiger partial charge < -0.3 is 4.74 Å². The molecule has 1 aliphatic rings. The van der Waals surface area contributed by atoms with Gasteiger partial charge in [-0.2, -0.15) is 0 Å². The van der Waals surface area contributed by atoms with Gasteiger partial charge in [-0.15, -0.1) is 0 Å². The molecule has 0 unspecified atom stereocenters. The molecule has 2 rings (SSSR count). The monoisotopic (exact) mass is 274 g/mol. The number of pyridine rings is 1. The third-order valence-corrected chi connectivity index (χ3v) is 2.77. The van der Waals surface area contributed by atoms with Crippen LogP contribution < -0.4 is 0 Å². The van der Waals surface area contributed by atoms with E-state index < -0.39 is 17.8 Å². The molecular weight excluding hydrogens is 260 g/mol. The number of imide groups is 1. The number of hydrogen-bond donors (Lipinski definition) is 0. The van der Waals surface area contributed by atoms with Crippen molar-refractivity contribution in [2.24, 2.45) is 0 Å². The third kappa shape index (κ3) is 3.09. The number of rotatable bonds is 4. The molecule has 0 atom stereocenters. The first-order valence-electron chi connectivity index (χ1n) is 6.23. The van der Waals surface area contributed by atoms with Gasteiger partial charge in [0.15, 0.2) is 0 Å². The van der Waals surface area contributed by atoms with Crippen LogP contribution in [0.15, 0.2) is 30.0 Å². The zero-order valence-electron chi connectivity index (χ0n) is 11.0. The van der Waals surface area contributed by atoms with Gasteiger partial charge in [-0.05, 0) is 25.1 Å². The van der Waals surface area contributed by atoms with Crippen molar-refractivity contribution in [2.75, 3.05) is 13.2 Å². The van der Waals surface area contributed by atoms with Crippen LogP contribution in [-0.4, -0.2) is 40.8 Å². The first-order chi connectivity index (χ1) is 9.61.